The largest absolute Gasteiger partial charge is 0.493 e. The van der Waals surface area contributed by atoms with Gasteiger partial charge in [0.1, 0.15) is 11.0 Å². The standard InChI is InChI=1S/C26H28N6O6S/c1-3-37-26(35)19(11-17-12-27-15-29-17)28-13-23(33)31-32-24(34)14-38-20-9-8-16(10-21(20)36-2)25-30-18-6-4-5-7-22(18)39-25/h4-10,12,15,19,28H,3,11,13-14H2,1-2H3,(H,27,29)(H,31,33)(H,32,34)/t19-/m0/s1. The SMILES string of the molecule is CCOC(=O)[C@H](Cc1cnc[nH]1)NCC(=O)NNC(=O)COc1ccc(-c2nc3ccccc3s2)cc1OC. The summed E-state index contributed by atoms with van der Waals surface area (Å²) in [5, 5.41) is 3.67. The van der Waals surface area contributed by atoms with Crippen LogP contribution in [-0.2, 0) is 25.5 Å². The van der Waals surface area contributed by atoms with Crippen molar-refractivity contribution in [1.82, 2.24) is 31.1 Å². The third kappa shape index (κ3) is 7.52. The maximum atomic E-state index is 12.2. The van der Waals surface area contributed by atoms with Crippen LogP contribution in [0, 0.1) is 0 Å². The Morgan fingerprint density at radius 2 is 1.90 bits per heavy atom. The Labute approximate surface area is 228 Å². The third-order valence-corrected chi connectivity index (χ3v) is 6.55. The molecule has 2 aromatic carbocycles. The highest BCUT2D eigenvalue weighted by Gasteiger charge is 2.21. The minimum Gasteiger partial charge on any atom is -0.493 e. The van der Waals surface area contributed by atoms with Crippen molar-refractivity contribution in [2.75, 3.05) is 26.9 Å². The summed E-state index contributed by atoms with van der Waals surface area (Å²) < 4.78 is 17.2. The van der Waals surface area contributed by atoms with Crippen LogP contribution in [0.25, 0.3) is 20.8 Å². The number of carbonyl (C=O) groups is 3. The number of H-pyrrole nitrogens is 1. The van der Waals surface area contributed by atoms with Crippen LogP contribution in [0.4, 0.5) is 0 Å². The molecule has 0 saturated heterocycles. The normalized spacial score (nSPS) is 11.5. The molecule has 2 amide bonds. The van der Waals surface area contributed by atoms with Gasteiger partial charge < -0.3 is 19.2 Å². The van der Waals surface area contributed by atoms with Gasteiger partial charge in [-0.2, -0.15) is 0 Å². The van der Waals surface area contributed by atoms with Crippen LogP contribution in [0.5, 0.6) is 11.5 Å². The van der Waals surface area contributed by atoms with E-state index in [-0.39, 0.29) is 26.2 Å². The van der Waals surface area contributed by atoms with Crippen molar-refractivity contribution in [2.24, 2.45) is 0 Å². The zero-order valence-corrected chi connectivity index (χ0v) is 22.2. The fraction of sp³-hybridized carbons (Fsp3) is 0.269. The number of hydrogen-bond donors (Lipinski definition) is 4. The van der Waals surface area contributed by atoms with Gasteiger partial charge in [0.05, 0.1) is 36.8 Å². The molecule has 0 saturated carbocycles. The monoisotopic (exact) mass is 552 g/mol. The van der Waals surface area contributed by atoms with E-state index in [1.807, 2.05) is 30.3 Å². The Morgan fingerprint density at radius 1 is 1.08 bits per heavy atom. The van der Waals surface area contributed by atoms with Gasteiger partial charge in [0.25, 0.3) is 11.8 Å². The zero-order chi connectivity index (χ0) is 27.6. The molecule has 1 atom stereocenters. The number of thiazole rings is 1. The van der Waals surface area contributed by atoms with Crippen LogP contribution in [0.3, 0.4) is 0 Å². The van der Waals surface area contributed by atoms with Gasteiger partial charge >= 0.3 is 5.97 Å². The molecule has 0 aliphatic heterocycles. The summed E-state index contributed by atoms with van der Waals surface area (Å²) in [6, 6.07) is 12.4. The Balaban J connectivity index is 1.25. The molecule has 0 aliphatic carbocycles. The number of amides is 2. The van der Waals surface area contributed by atoms with Crippen molar-refractivity contribution in [3.05, 3.63) is 60.7 Å². The van der Waals surface area contributed by atoms with Crippen molar-refractivity contribution in [1.29, 1.82) is 0 Å². The molecule has 12 nitrogen and oxygen atoms in total. The third-order valence-electron chi connectivity index (χ3n) is 5.46. The number of esters is 1. The fourth-order valence-electron chi connectivity index (χ4n) is 3.59. The minimum atomic E-state index is -0.770. The van der Waals surface area contributed by atoms with Gasteiger partial charge in [-0.3, -0.25) is 30.6 Å². The number of imidazole rings is 1. The lowest BCUT2D eigenvalue weighted by molar-refractivity contribution is -0.145. The molecule has 4 rings (SSSR count). The molecule has 0 fully saturated rings. The summed E-state index contributed by atoms with van der Waals surface area (Å²) in [5.74, 6) is -0.836. The van der Waals surface area contributed by atoms with E-state index in [1.54, 1.807) is 36.6 Å². The lowest BCUT2D eigenvalue weighted by atomic mass is 10.1. The number of carbonyl (C=O) groups excluding carboxylic acids is 3. The number of fused-ring (bicyclic) bond motifs is 1. The number of aromatic amines is 1. The van der Waals surface area contributed by atoms with Crippen LogP contribution < -0.4 is 25.6 Å². The number of nitrogens with one attached hydrogen (secondary N) is 4. The highest BCUT2D eigenvalue weighted by atomic mass is 32.1. The molecule has 204 valence electrons. The number of aromatic nitrogens is 3. The Hall–Kier alpha value is -4.49. The molecular weight excluding hydrogens is 524 g/mol. The van der Waals surface area contributed by atoms with Gasteiger partial charge in [-0.05, 0) is 37.3 Å². The first-order chi connectivity index (χ1) is 19.0. The number of nitrogens with zero attached hydrogens (tertiary/aromatic N) is 2. The average Bonchev–Trinajstić information content (AvgIpc) is 3.63. The minimum absolute atomic E-state index is 0.206. The molecule has 4 N–H and O–H groups in total. The van der Waals surface area contributed by atoms with Gasteiger partial charge in [0.2, 0.25) is 0 Å². The molecule has 0 unspecified atom stereocenters. The smallest absolute Gasteiger partial charge is 0.323 e. The van der Waals surface area contributed by atoms with E-state index < -0.39 is 23.8 Å². The number of hydrogen-bond acceptors (Lipinski definition) is 10. The van der Waals surface area contributed by atoms with Crippen molar-refractivity contribution < 1.29 is 28.6 Å². The zero-order valence-electron chi connectivity index (χ0n) is 21.4. The highest BCUT2D eigenvalue weighted by molar-refractivity contribution is 7.21. The van der Waals surface area contributed by atoms with Crippen molar-refractivity contribution >= 4 is 39.3 Å². The predicted octanol–water partition coefficient (Wildman–Crippen LogP) is 1.99. The number of hydrazine groups is 1. The van der Waals surface area contributed by atoms with Crippen molar-refractivity contribution in [2.45, 2.75) is 19.4 Å². The van der Waals surface area contributed by atoms with Gasteiger partial charge in [-0.1, -0.05) is 12.1 Å². The first kappa shape index (κ1) is 27.5. The topological polar surface area (TPSA) is 157 Å². The molecule has 2 aromatic heterocycles. The summed E-state index contributed by atoms with van der Waals surface area (Å²) in [6.45, 7) is 1.30. The summed E-state index contributed by atoms with van der Waals surface area (Å²) in [5.41, 5.74) is 7.05. The molecule has 0 radical (unpaired) electrons. The van der Waals surface area contributed by atoms with Gasteiger partial charge in [0, 0.05) is 23.9 Å². The Kier molecular flexibility index (Phi) is 9.43. The van der Waals surface area contributed by atoms with E-state index in [0.29, 0.717) is 17.2 Å². The summed E-state index contributed by atoms with van der Waals surface area (Å²) in [6.07, 6.45) is 3.33. The van der Waals surface area contributed by atoms with Crippen LogP contribution in [0.2, 0.25) is 0 Å². The quantitative estimate of drug-likeness (QED) is 0.152. The lowest BCUT2D eigenvalue weighted by Crippen LogP contribution is -2.50. The maximum absolute atomic E-state index is 12.2. The van der Waals surface area contributed by atoms with Crippen molar-refractivity contribution in [3.8, 4) is 22.1 Å². The molecule has 4 aromatic rings. The predicted molar refractivity (Wildman–Crippen MR) is 144 cm³/mol. The summed E-state index contributed by atoms with van der Waals surface area (Å²) in [4.78, 5) is 48.1. The Bertz CT molecular complexity index is 1390. The second kappa shape index (κ2) is 13.3. The fourth-order valence-corrected chi connectivity index (χ4v) is 4.55. The van der Waals surface area contributed by atoms with E-state index in [0.717, 1.165) is 20.8 Å². The molecule has 39 heavy (non-hydrogen) atoms. The van der Waals surface area contributed by atoms with E-state index in [9.17, 15) is 14.4 Å². The number of methoxy groups -OCH3 is 1. The molecule has 13 heteroatoms. The average molecular weight is 553 g/mol. The summed E-state index contributed by atoms with van der Waals surface area (Å²) >= 11 is 1.57. The van der Waals surface area contributed by atoms with E-state index in [2.05, 4.69) is 31.1 Å². The van der Waals surface area contributed by atoms with Crippen LogP contribution >= 0.6 is 11.3 Å². The first-order valence-corrected chi connectivity index (χ1v) is 12.9. The second-order valence-electron chi connectivity index (χ2n) is 8.20. The van der Waals surface area contributed by atoms with Gasteiger partial charge in [-0.25, -0.2) is 9.97 Å². The van der Waals surface area contributed by atoms with Crippen molar-refractivity contribution in [3.63, 3.8) is 0 Å². The van der Waals surface area contributed by atoms with E-state index in [4.69, 9.17) is 14.2 Å². The number of para-hydroxylation sites is 1. The van der Waals surface area contributed by atoms with Crippen LogP contribution in [-0.4, -0.2) is 65.6 Å². The second-order valence-corrected chi connectivity index (χ2v) is 9.23. The number of rotatable bonds is 12. The van der Waals surface area contributed by atoms with Crippen LogP contribution in [0.15, 0.2) is 55.0 Å². The maximum Gasteiger partial charge on any atom is 0.323 e. The van der Waals surface area contributed by atoms with E-state index >= 15 is 0 Å². The lowest BCUT2D eigenvalue weighted by Gasteiger charge is -2.16. The molecule has 0 aliphatic rings. The molecular formula is C26H28N6O6S. The number of ether oxygens (including phenoxy) is 3. The van der Waals surface area contributed by atoms with Crippen LogP contribution in [0.1, 0.15) is 12.6 Å². The Morgan fingerprint density at radius 3 is 2.64 bits per heavy atom. The van der Waals surface area contributed by atoms with E-state index in [1.165, 1.54) is 13.4 Å². The molecule has 2 heterocycles. The molecule has 0 spiro atoms. The highest BCUT2D eigenvalue weighted by Crippen LogP contribution is 2.35. The number of benzene rings is 2. The molecule has 0 bridgehead atoms. The van der Waals surface area contributed by atoms with Gasteiger partial charge in [0.15, 0.2) is 18.1 Å². The summed E-state index contributed by atoms with van der Waals surface area (Å²) in [7, 11) is 1.51. The van der Waals surface area contributed by atoms with Gasteiger partial charge in [-0.15, -0.1) is 11.3 Å². The first-order valence-electron chi connectivity index (χ1n) is 12.1.